The van der Waals surface area contributed by atoms with Crippen LogP contribution in [0.5, 0.6) is 5.75 Å². The largest absolute Gasteiger partial charge is 0.484 e. The lowest BCUT2D eigenvalue weighted by Crippen LogP contribution is -2.41. The third-order valence-electron chi connectivity index (χ3n) is 4.76. The summed E-state index contributed by atoms with van der Waals surface area (Å²) in [4.78, 5) is 19.1. The van der Waals surface area contributed by atoms with Gasteiger partial charge in [0, 0.05) is 17.1 Å². The summed E-state index contributed by atoms with van der Waals surface area (Å²) in [7, 11) is 0. The summed E-state index contributed by atoms with van der Waals surface area (Å²) in [6.07, 6.45) is 2.75. The molecule has 1 aromatic heterocycles. The molecule has 3 aromatic rings. The number of ether oxygens (including phenoxy) is 1. The minimum Gasteiger partial charge on any atom is -0.484 e. The van der Waals surface area contributed by atoms with Crippen LogP contribution in [0.2, 0.25) is 5.02 Å². The van der Waals surface area contributed by atoms with Gasteiger partial charge < -0.3 is 14.2 Å². The van der Waals surface area contributed by atoms with Crippen molar-refractivity contribution in [3.05, 3.63) is 65.5 Å². The second-order valence-electron chi connectivity index (χ2n) is 6.66. The maximum atomic E-state index is 12.8. The SMILES string of the molecule is O=C(COc1ccccc1)N1CCCC[C@H]1c1nc(-c2ccc(Cl)cc2)no1. The Kier molecular flexibility index (Phi) is 5.58. The molecule has 0 unspecified atom stereocenters. The highest BCUT2D eigenvalue weighted by molar-refractivity contribution is 6.30. The molecule has 0 aliphatic carbocycles. The number of benzene rings is 2. The standard InChI is InChI=1S/C21H20ClN3O3/c22-16-11-9-15(10-12-16)20-23-21(28-24-20)18-8-4-5-13-25(18)19(26)14-27-17-6-2-1-3-7-17/h1-3,6-7,9-12,18H,4-5,8,13-14H2/t18-/m0/s1. The number of rotatable bonds is 5. The van der Waals surface area contributed by atoms with Crippen LogP contribution in [0, 0.1) is 0 Å². The van der Waals surface area contributed by atoms with E-state index in [4.69, 9.17) is 20.9 Å². The molecular formula is C21H20ClN3O3. The first kappa shape index (κ1) is 18.5. The fourth-order valence-corrected chi connectivity index (χ4v) is 3.44. The van der Waals surface area contributed by atoms with E-state index in [1.165, 1.54) is 0 Å². The minimum absolute atomic E-state index is 0.0152. The van der Waals surface area contributed by atoms with Crippen molar-refractivity contribution < 1.29 is 14.1 Å². The van der Waals surface area contributed by atoms with E-state index in [2.05, 4.69) is 10.1 Å². The first-order valence-electron chi connectivity index (χ1n) is 9.27. The van der Waals surface area contributed by atoms with E-state index >= 15 is 0 Å². The van der Waals surface area contributed by atoms with Crippen LogP contribution in [0.4, 0.5) is 0 Å². The zero-order chi connectivity index (χ0) is 19.3. The van der Waals surface area contributed by atoms with Gasteiger partial charge in [0.05, 0.1) is 0 Å². The number of likely N-dealkylation sites (tertiary alicyclic amines) is 1. The normalized spacial score (nSPS) is 16.8. The van der Waals surface area contributed by atoms with E-state index in [1.807, 2.05) is 42.5 Å². The van der Waals surface area contributed by atoms with Crippen LogP contribution in [-0.2, 0) is 4.79 Å². The predicted octanol–water partition coefficient (Wildman–Crippen LogP) is 4.52. The first-order valence-corrected chi connectivity index (χ1v) is 9.65. The molecule has 1 amide bonds. The van der Waals surface area contributed by atoms with Crippen LogP contribution in [0.1, 0.15) is 31.2 Å². The van der Waals surface area contributed by atoms with Crippen molar-refractivity contribution in [3.8, 4) is 17.1 Å². The predicted molar refractivity (Wildman–Crippen MR) is 105 cm³/mol. The van der Waals surface area contributed by atoms with E-state index in [1.54, 1.807) is 17.0 Å². The zero-order valence-corrected chi connectivity index (χ0v) is 16.0. The summed E-state index contributed by atoms with van der Waals surface area (Å²) in [5, 5.41) is 4.73. The lowest BCUT2D eigenvalue weighted by Gasteiger charge is -2.33. The van der Waals surface area contributed by atoms with Gasteiger partial charge in [0.2, 0.25) is 11.7 Å². The third-order valence-corrected chi connectivity index (χ3v) is 5.01. The quantitative estimate of drug-likeness (QED) is 0.633. The number of amides is 1. The van der Waals surface area contributed by atoms with Crippen molar-refractivity contribution in [1.82, 2.24) is 15.0 Å². The molecule has 6 nitrogen and oxygen atoms in total. The van der Waals surface area contributed by atoms with Gasteiger partial charge in [0.25, 0.3) is 5.91 Å². The number of hydrogen-bond acceptors (Lipinski definition) is 5. The van der Waals surface area contributed by atoms with E-state index in [-0.39, 0.29) is 18.6 Å². The molecule has 1 atom stereocenters. The maximum Gasteiger partial charge on any atom is 0.261 e. The van der Waals surface area contributed by atoms with Crippen LogP contribution in [0.15, 0.2) is 59.1 Å². The second-order valence-corrected chi connectivity index (χ2v) is 7.10. The van der Waals surface area contributed by atoms with E-state index in [0.29, 0.717) is 29.0 Å². The molecule has 1 saturated heterocycles. The van der Waals surface area contributed by atoms with Gasteiger partial charge in [-0.05, 0) is 55.7 Å². The molecule has 1 aliphatic rings. The van der Waals surface area contributed by atoms with Crippen LogP contribution in [-0.4, -0.2) is 34.1 Å². The van der Waals surface area contributed by atoms with Crippen LogP contribution in [0.25, 0.3) is 11.4 Å². The van der Waals surface area contributed by atoms with Gasteiger partial charge in [-0.15, -0.1) is 0 Å². The molecular weight excluding hydrogens is 378 g/mol. The number of carbonyl (C=O) groups is 1. The van der Waals surface area contributed by atoms with Gasteiger partial charge in [-0.3, -0.25) is 4.79 Å². The Morgan fingerprint density at radius 2 is 1.93 bits per heavy atom. The first-order chi connectivity index (χ1) is 13.7. The average Bonchev–Trinajstić information content (AvgIpc) is 3.23. The monoisotopic (exact) mass is 397 g/mol. The van der Waals surface area contributed by atoms with Gasteiger partial charge >= 0.3 is 0 Å². The van der Waals surface area contributed by atoms with Crippen molar-refractivity contribution in [2.75, 3.05) is 13.2 Å². The molecule has 144 valence electrons. The molecule has 0 N–H and O–H groups in total. The summed E-state index contributed by atoms with van der Waals surface area (Å²) < 4.78 is 11.1. The van der Waals surface area contributed by atoms with Gasteiger partial charge in [-0.25, -0.2) is 0 Å². The van der Waals surface area contributed by atoms with Crippen molar-refractivity contribution in [3.63, 3.8) is 0 Å². The maximum absolute atomic E-state index is 12.8. The summed E-state index contributed by atoms with van der Waals surface area (Å²) in [5.41, 5.74) is 0.820. The summed E-state index contributed by atoms with van der Waals surface area (Å²) in [5.74, 6) is 1.54. The van der Waals surface area contributed by atoms with Crippen LogP contribution >= 0.6 is 11.6 Å². The smallest absolute Gasteiger partial charge is 0.261 e. The molecule has 0 spiro atoms. The molecule has 7 heteroatoms. The molecule has 28 heavy (non-hydrogen) atoms. The van der Waals surface area contributed by atoms with Crippen LogP contribution < -0.4 is 4.74 Å². The number of carbonyl (C=O) groups excluding carboxylic acids is 1. The lowest BCUT2D eigenvalue weighted by atomic mass is 10.0. The Morgan fingerprint density at radius 3 is 2.71 bits per heavy atom. The third kappa shape index (κ3) is 4.17. The highest BCUT2D eigenvalue weighted by Crippen LogP contribution is 2.31. The van der Waals surface area contributed by atoms with Crippen molar-refractivity contribution >= 4 is 17.5 Å². The van der Waals surface area contributed by atoms with Gasteiger partial charge in [0.15, 0.2) is 6.61 Å². The number of aromatic nitrogens is 2. The number of hydrogen-bond donors (Lipinski definition) is 0. The molecule has 1 aliphatic heterocycles. The molecule has 0 bridgehead atoms. The minimum atomic E-state index is -0.228. The Labute approximate surface area is 168 Å². The van der Waals surface area contributed by atoms with Crippen molar-refractivity contribution in [2.45, 2.75) is 25.3 Å². The lowest BCUT2D eigenvalue weighted by molar-refractivity contribution is -0.138. The molecule has 2 heterocycles. The topological polar surface area (TPSA) is 68.5 Å². The summed E-state index contributed by atoms with van der Waals surface area (Å²) >= 11 is 5.93. The summed E-state index contributed by atoms with van der Waals surface area (Å²) in [6.45, 7) is 0.638. The highest BCUT2D eigenvalue weighted by atomic mass is 35.5. The average molecular weight is 398 g/mol. The Bertz CT molecular complexity index is 928. The fourth-order valence-electron chi connectivity index (χ4n) is 3.32. The number of nitrogens with zero attached hydrogens (tertiary/aromatic N) is 3. The van der Waals surface area contributed by atoms with Gasteiger partial charge in [-0.2, -0.15) is 4.98 Å². The zero-order valence-electron chi connectivity index (χ0n) is 15.3. The summed E-state index contributed by atoms with van der Waals surface area (Å²) in [6, 6.07) is 16.3. The fraction of sp³-hybridized carbons (Fsp3) is 0.286. The second kappa shape index (κ2) is 8.44. The number of halogens is 1. The van der Waals surface area contributed by atoms with E-state index < -0.39 is 0 Å². The Hall–Kier alpha value is -2.86. The molecule has 1 fully saturated rings. The molecule has 4 rings (SSSR count). The number of piperidine rings is 1. The molecule has 2 aromatic carbocycles. The van der Waals surface area contributed by atoms with Gasteiger partial charge in [0.1, 0.15) is 11.8 Å². The van der Waals surface area contributed by atoms with Gasteiger partial charge in [-0.1, -0.05) is 35.0 Å². The van der Waals surface area contributed by atoms with Crippen molar-refractivity contribution in [2.24, 2.45) is 0 Å². The molecule has 0 saturated carbocycles. The Balaban J connectivity index is 1.47. The van der Waals surface area contributed by atoms with Crippen LogP contribution in [0.3, 0.4) is 0 Å². The highest BCUT2D eigenvalue weighted by Gasteiger charge is 2.32. The van der Waals surface area contributed by atoms with E-state index in [0.717, 1.165) is 24.8 Å². The molecule has 0 radical (unpaired) electrons. The van der Waals surface area contributed by atoms with Crippen molar-refractivity contribution in [1.29, 1.82) is 0 Å². The number of para-hydroxylation sites is 1. The van der Waals surface area contributed by atoms with E-state index in [9.17, 15) is 4.79 Å². The Morgan fingerprint density at radius 1 is 1.14 bits per heavy atom.